The fraction of sp³-hybridized carbons (Fsp3) is 0.192. The van der Waals surface area contributed by atoms with E-state index >= 15 is 0 Å². The van der Waals surface area contributed by atoms with E-state index in [1.54, 1.807) is 18.2 Å². The molecule has 0 radical (unpaired) electrons. The molecule has 1 amide bonds. The number of hydrogen-bond acceptors (Lipinski definition) is 4. The summed E-state index contributed by atoms with van der Waals surface area (Å²) < 4.78 is 27.1. The van der Waals surface area contributed by atoms with Crippen LogP contribution in [0, 0.1) is 0 Å². The first-order valence-electron chi connectivity index (χ1n) is 10.5. The molecule has 3 aromatic rings. The molecule has 6 heteroatoms. The summed E-state index contributed by atoms with van der Waals surface area (Å²) in [6, 6.07) is 23.9. The number of carbonyl (C=O) groups is 1. The Balaban J connectivity index is 1.85. The quantitative estimate of drug-likeness (QED) is 0.568. The number of benzene rings is 3. The summed E-state index contributed by atoms with van der Waals surface area (Å²) in [5, 5.41) is 10.8. The number of sulfone groups is 1. The maximum Gasteiger partial charge on any atom is 0.290 e. The van der Waals surface area contributed by atoms with Gasteiger partial charge in [-0.3, -0.25) is 4.79 Å². The number of hydrogen-bond donors (Lipinski definition) is 1. The number of aliphatic hydroxyl groups is 1. The van der Waals surface area contributed by atoms with Crippen LogP contribution in [-0.2, 0) is 21.2 Å². The van der Waals surface area contributed by atoms with Crippen LogP contribution in [0.25, 0.3) is 0 Å². The first-order chi connectivity index (χ1) is 15.3. The van der Waals surface area contributed by atoms with E-state index < -0.39 is 27.5 Å². The van der Waals surface area contributed by atoms with Crippen LogP contribution < -0.4 is 0 Å². The molecular weight excluding hydrogens is 422 g/mol. The molecule has 4 rings (SSSR count). The van der Waals surface area contributed by atoms with Crippen molar-refractivity contribution in [2.45, 2.75) is 37.2 Å². The van der Waals surface area contributed by atoms with E-state index in [0.717, 1.165) is 11.1 Å². The summed E-state index contributed by atoms with van der Waals surface area (Å²) in [5.41, 5.74) is 2.58. The number of nitrogens with zero attached hydrogens (tertiary/aromatic N) is 1. The van der Waals surface area contributed by atoms with E-state index in [1.165, 1.54) is 17.0 Å². The van der Waals surface area contributed by atoms with Crippen LogP contribution in [0.5, 0.6) is 0 Å². The Hall–Kier alpha value is -3.38. The molecule has 1 heterocycles. The third-order valence-corrected chi connectivity index (χ3v) is 7.60. The van der Waals surface area contributed by atoms with Crippen molar-refractivity contribution >= 4 is 15.7 Å². The van der Waals surface area contributed by atoms with Gasteiger partial charge in [0.05, 0.1) is 10.9 Å². The Bertz CT molecular complexity index is 1250. The highest BCUT2D eigenvalue weighted by Gasteiger charge is 2.46. The molecule has 1 N–H and O–H groups in total. The van der Waals surface area contributed by atoms with E-state index in [4.69, 9.17) is 0 Å². The molecule has 1 aliphatic rings. The maximum absolute atomic E-state index is 13.6. The Morgan fingerprint density at radius 3 is 2.00 bits per heavy atom. The van der Waals surface area contributed by atoms with Crippen molar-refractivity contribution in [2.75, 3.05) is 0 Å². The van der Waals surface area contributed by atoms with Gasteiger partial charge in [0, 0.05) is 6.54 Å². The van der Waals surface area contributed by atoms with Gasteiger partial charge in [0.15, 0.2) is 5.76 Å². The smallest absolute Gasteiger partial charge is 0.290 e. The zero-order valence-electron chi connectivity index (χ0n) is 18.0. The molecule has 0 aromatic heterocycles. The lowest BCUT2D eigenvalue weighted by molar-refractivity contribution is -0.130. The topological polar surface area (TPSA) is 74.7 Å². The van der Waals surface area contributed by atoms with Gasteiger partial charge in [-0.25, -0.2) is 8.42 Å². The molecule has 1 atom stereocenters. The molecule has 1 aliphatic heterocycles. The number of rotatable bonds is 6. The van der Waals surface area contributed by atoms with Gasteiger partial charge in [-0.15, -0.1) is 0 Å². The van der Waals surface area contributed by atoms with Gasteiger partial charge in [0.1, 0.15) is 4.91 Å². The van der Waals surface area contributed by atoms with Crippen molar-refractivity contribution in [3.05, 3.63) is 112 Å². The SMILES string of the molecule is CC(C)c1ccc([C@@H]2C(S(=O)(=O)c3ccccc3)=C(O)C(=O)N2Cc2ccccc2)cc1. The molecule has 0 spiro atoms. The summed E-state index contributed by atoms with van der Waals surface area (Å²) >= 11 is 0. The van der Waals surface area contributed by atoms with Crippen molar-refractivity contribution in [1.29, 1.82) is 0 Å². The van der Waals surface area contributed by atoms with E-state index in [2.05, 4.69) is 13.8 Å². The van der Waals surface area contributed by atoms with Crippen LogP contribution in [0.15, 0.2) is 100 Å². The normalized spacial score (nSPS) is 16.8. The average molecular weight is 448 g/mol. The second-order valence-electron chi connectivity index (χ2n) is 8.17. The van der Waals surface area contributed by atoms with Gasteiger partial charge in [-0.2, -0.15) is 0 Å². The lowest BCUT2D eigenvalue weighted by atomic mass is 9.98. The summed E-state index contributed by atoms with van der Waals surface area (Å²) in [6.07, 6.45) is 0. The average Bonchev–Trinajstić information content (AvgIpc) is 3.06. The number of amides is 1. The molecular formula is C26H25NO4S. The molecule has 0 bridgehead atoms. The number of carbonyl (C=O) groups excluding carboxylic acids is 1. The highest BCUT2D eigenvalue weighted by Crippen LogP contribution is 2.43. The molecule has 164 valence electrons. The molecule has 3 aromatic carbocycles. The van der Waals surface area contributed by atoms with Gasteiger partial charge in [-0.05, 0) is 34.7 Å². The zero-order valence-corrected chi connectivity index (χ0v) is 18.8. The predicted octanol–water partition coefficient (Wildman–Crippen LogP) is 5.14. The lowest BCUT2D eigenvalue weighted by Crippen LogP contribution is -2.30. The first-order valence-corrected chi connectivity index (χ1v) is 12.0. The van der Waals surface area contributed by atoms with Gasteiger partial charge >= 0.3 is 0 Å². The summed E-state index contributed by atoms with van der Waals surface area (Å²) in [4.78, 5) is 14.3. The Morgan fingerprint density at radius 1 is 0.875 bits per heavy atom. The minimum Gasteiger partial charge on any atom is -0.502 e. The monoisotopic (exact) mass is 447 g/mol. The third-order valence-electron chi connectivity index (χ3n) is 5.71. The van der Waals surface area contributed by atoms with E-state index in [9.17, 15) is 18.3 Å². The Morgan fingerprint density at radius 2 is 1.44 bits per heavy atom. The Kier molecular flexibility index (Phi) is 5.89. The molecule has 0 saturated heterocycles. The lowest BCUT2D eigenvalue weighted by Gasteiger charge is -2.27. The van der Waals surface area contributed by atoms with Crippen molar-refractivity contribution in [2.24, 2.45) is 0 Å². The molecule has 0 aliphatic carbocycles. The minimum absolute atomic E-state index is 0.0414. The fourth-order valence-corrected chi connectivity index (χ4v) is 5.64. The van der Waals surface area contributed by atoms with Gasteiger partial charge < -0.3 is 10.0 Å². The van der Waals surface area contributed by atoms with Crippen LogP contribution in [0.4, 0.5) is 0 Å². The van der Waals surface area contributed by atoms with Crippen LogP contribution in [0.3, 0.4) is 0 Å². The minimum atomic E-state index is -4.10. The second kappa shape index (κ2) is 8.63. The maximum atomic E-state index is 13.6. The van der Waals surface area contributed by atoms with Crippen molar-refractivity contribution in [3.63, 3.8) is 0 Å². The first kappa shape index (κ1) is 21.8. The van der Waals surface area contributed by atoms with Crippen molar-refractivity contribution < 1.29 is 18.3 Å². The molecule has 5 nitrogen and oxygen atoms in total. The van der Waals surface area contributed by atoms with Crippen LogP contribution in [-0.4, -0.2) is 24.3 Å². The molecule has 0 saturated carbocycles. The Labute approximate surface area is 188 Å². The van der Waals surface area contributed by atoms with Crippen molar-refractivity contribution in [1.82, 2.24) is 4.90 Å². The fourth-order valence-electron chi connectivity index (χ4n) is 3.97. The second-order valence-corrected chi connectivity index (χ2v) is 10.1. The van der Waals surface area contributed by atoms with E-state index in [-0.39, 0.29) is 16.3 Å². The largest absolute Gasteiger partial charge is 0.502 e. The van der Waals surface area contributed by atoms with Gasteiger partial charge in [0.2, 0.25) is 9.84 Å². The zero-order chi connectivity index (χ0) is 22.9. The number of aliphatic hydroxyl groups excluding tert-OH is 1. The van der Waals surface area contributed by atoms with Crippen LogP contribution >= 0.6 is 0 Å². The highest BCUT2D eigenvalue weighted by atomic mass is 32.2. The van der Waals surface area contributed by atoms with Crippen molar-refractivity contribution in [3.8, 4) is 0 Å². The van der Waals surface area contributed by atoms with E-state index in [1.807, 2.05) is 54.6 Å². The summed E-state index contributed by atoms with van der Waals surface area (Å²) in [6.45, 7) is 4.33. The predicted molar refractivity (Wildman–Crippen MR) is 124 cm³/mol. The van der Waals surface area contributed by atoms with Crippen LogP contribution in [0.2, 0.25) is 0 Å². The summed E-state index contributed by atoms with van der Waals surface area (Å²) in [7, 11) is -4.10. The van der Waals surface area contributed by atoms with E-state index in [0.29, 0.717) is 11.5 Å². The third kappa shape index (κ3) is 3.94. The molecule has 0 unspecified atom stereocenters. The van der Waals surface area contributed by atoms with Gasteiger partial charge in [-0.1, -0.05) is 86.6 Å². The van der Waals surface area contributed by atoms with Gasteiger partial charge in [0.25, 0.3) is 5.91 Å². The summed E-state index contributed by atoms with van der Waals surface area (Å²) in [5.74, 6) is -1.10. The molecule has 0 fully saturated rings. The standard InChI is InChI=1S/C26H25NO4S/c1-18(2)20-13-15-21(16-14-20)23-25(32(30,31)22-11-7-4-8-12-22)24(28)26(29)27(23)17-19-9-5-3-6-10-19/h3-16,18,23,28H,17H2,1-2H3/t23-/m1/s1. The van der Waals surface area contributed by atoms with Crippen LogP contribution in [0.1, 0.15) is 42.5 Å². The molecule has 32 heavy (non-hydrogen) atoms. The highest BCUT2D eigenvalue weighted by molar-refractivity contribution is 7.95.